The Morgan fingerprint density at radius 2 is 2.22 bits per heavy atom. The van der Waals surface area contributed by atoms with Crippen molar-refractivity contribution >= 4 is 11.6 Å². The summed E-state index contributed by atoms with van der Waals surface area (Å²) in [6.07, 6.45) is 3.27. The number of fused-ring (bicyclic) bond motifs is 1. The van der Waals surface area contributed by atoms with Crippen LogP contribution in [0.3, 0.4) is 0 Å². The second kappa shape index (κ2) is 4.89. The molecule has 4 rings (SSSR count). The monoisotopic (exact) mass is 315 g/mol. The van der Waals surface area contributed by atoms with Crippen molar-refractivity contribution in [2.24, 2.45) is 5.92 Å². The number of ketones is 2. The largest absolute Gasteiger partial charge is 0.634 e. The normalized spacial score (nSPS) is 35.4. The van der Waals surface area contributed by atoms with E-state index < -0.39 is 5.41 Å². The highest BCUT2D eigenvalue weighted by Gasteiger charge is 2.59. The van der Waals surface area contributed by atoms with Crippen molar-refractivity contribution in [3.63, 3.8) is 0 Å². The van der Waals surface area contributed by atoms with Crippen molar-refractivity contribution in [2.45, 2.75) is 50.5 Å². The molecule has 1 aromatic rings. The van der Waals surface area contributed by atoms with Crippen LogP contribution in [0.15, 0.2) is 12.1 Å². The van der Waals surface area contributed by atoms with Gasteiger partial charge in [-0.05, 0) is 37.5 Å². The van der Waals surface area contributed by atoms with E-state index in [0.29, 0.717) is 36.9 Å². The molecule has 0 radical (unpaired) electrons. The number of rotatable bonds is 1. The fraction of sp³-hybridized carbons (Fsp3) is 0.556. The number of piperidine rings is 1. The zero-order chi connectivity index (χ0) is 16.4. The van der Waals surface area contributed by atoms with E-state index in [-0.39, 0.29) is 34.3 Å². The van der Waals surface area contributed by atoms with Gasteiger partial charge in [0, 0.05) is 36.3 Å². The molecule has 1 unspecified atom stereocenters. The number of carbonyl (C=O) groups excluding carboxylic acids is 2. The van der Waals surface area contributed by atoms with Crippen LogP contribution in [-0.4, -0.2) is 29.3 Å². The summed E-state index contributed by atoms with van der Waals surface area (Å²) >= 11 is 0. The molecule has 3 aliphatic rings. The summed E-state index contributed by atoms with van der Waals surface area (Å²) in [5.74, 6) is 0.170. The lowest BCUT2D eigenvalue weighted by atomic mass is 9.52. The van der Waals surface area contributed by atoms with Crippen LogP contribution in [-0.2, 0) is 16.6 Å². The molecule has 23 heavy (non-hydrogen) atoms. The van der Waals surface area contributed by atoms with Crippen molar-refractivity contribution in [1.29, 1.82) is 0 Å². The number of phenols is 1. The number of Topliss-reactive ketones (excluding diaryl/α,β-unsaturated/α-hetero) is 2. The third kappa shape index (κ3) is 1.86. The van der Waals surface area contributed by atoms with Crippen LogP contribution in [0.1, 0.15) is 54.1 Å². The molecule has 0 amide bonds. The maximum Gasteiger partial charge on any atom is 0.159 e. The molecule has 2 fully saturated rings. The topological polar surface area (TPSA) is 81.9 Å². The summed E-state index contributed by atoms with van der Waals surface area (Å²) in [6.45, 7) is 1.90. The number of hydrogen-bond acceptors (Lipinski definition) is 4. The lowest BCUT2D eigenvalue weighted by Crippen LogP contribution is -3.15. The standard InChI is InChI=1S/C18H21NO4/c1-10(20)11-7-14-12(16(21)8-11)9-15-13-3-2-4-17(22)18(13,14)5-6-19(15)23/h7-8,13,15,19,21H,2-6,9H2,1H3/t13-,15+,18-/m0/s1. The third-order valence-electron chi connectivity index (χ3n) is 6.25. The van der Waals surface area contributed by atoms with Crippen molar-refractivity contribution < 1.29 is 19.8 Å². The first-order valence-electron chi connectivity index (χ1n) is 8.38. The molecule has 0 spiro atoms. The zero-order valence-electron chi connectivity index (χ0n) is 13.2. The first-order valence-corrected chi connectivity index (χ1v) is 8.38. The Morgan fingerprint density at radius 3 is 2.96 bits per heavy atom. The predicted molar refractivity (Wildman–Crippen MR) is 83.4 cm³/mol. The average molecular weight is 315 g/mol. The third-order valence-corrected chi connectivity index (χ3v) is 6.25. The van der Waals surface area contributed by atoms with Gasteiger partial charge in [-0.25, -0.2) is 0 Å². The minimum absolute atomic E-state index is 0.0408. The minimum atomic E-state index is -0.659. The summed E-state index contributed by atoms with van der Waals surface area (Å²) in [6, 6.07) is 3.13. The summed E-state index contributed by atoms with van der Waals surface area (Å²) < 4.78 is 0. The van der Waals surface area contributed by atoms with E-state index in [1.165, 1.54) is 13.0 Å². The highest BCUT2D eigenvalue weighted by Crippen LogP contribution is 2.52. The van der Waals surface area contributed by atoms with Gasteiger partial charge in [-0.3, -0.25) is 9.59 Å². The van der Waals surface area contributed by atoms with E-state index >= 15 is 0 Å². The molecule has 1 saturated heterocycles. The Bertz CT molecular complexity index is 713. The van der Waals surface area contributed by atoms with Gasteiger partial charge in [-0.1, -0.05) is 0 Å². The van der Waals surface area contributed by atoms with Crippen molar-refractivity contribution in [3.8, 4) is 5.75 Å². The lowest BCUT2D eigenvalue weighted by Gasteiger charge is -2.56. The molecule has 2 aliphatic carbocycles. The maximum atomic E-state index is 12.9. The smallest absolute Gasteiger partial charge is 0.159 e. The minimum Gasteiger partial charge on any atom is -0.634 e. The first kappa shape index (κ1) is 14.8. The number of hydrogen-bond donors (Lipinski definition) is 2. The van der Waals surface area contributed by atoms with Crippen molar-refractivity contribution in [2.75, 3.05) is 6.54 Å². The molecule has 0 aromatic heterocycles. The Balaban J connectivity index is 1.99. The molecule has 122 valence electrons. The zero-order valence-corrected chi connectivity index (χ0v) is 13.2. The van der Waals surface area contributed by atoms with Gasteiger partial charge in [0.05, 0.1) is 18.0 Å². The molecule has 1 aliphatic heterocycles. The summed E-state index contributed by atoms with van der Waals surface area (Å²) in [4.78, 5) is 24.7. The van der Waals surface area contributed by atoms with E-state index in [0.717, 1.165) is 18.4 Å². The first-order chi connectivity index (χ1) is 10.9. The summed E-state index contributed by atoms with van der Waals surface area (Å²) in [5.41, 5.74) is 1.32. The molecular formula is C18H21NO4. The number of benzene rings is 1. The van der Waals surface area contributed by atoms with Gasteiger partial charge in [0.25, 0.3) is 0 Å². The van der Waals surface area contributed by atoms with Crippen molar-refractivity contribution in [3.05, 3.63) is 34.0 Å². The molecule has 4 atom stereocenters. The number of hydroxylamine groups is 2. The highest BCUT2D eigenvalue weighted by molar-refractivity contribution is 5.97. The molecule has 2 N–H and O–H groups in total. The SMILES string of the molecule is CC(=O)c1cc(O)c2c(c1)[C@]13CC[NH+]([O-])[C@H](C2)[C@@H]1CCCC3=O. The van der Waals surface area contributed by atoms with Crippen LogP contribution in [0.5, 0.6) is 5.75 Å². The van der Waals surface area contributed by atoms with E-state index in [1.54, 1.807) is 6.07 Å². The number of carbonyl (C=O) groups is 2. The fourth-order valence-corrected chi connectivity index (χ4v) is 5.19. The van der Waals surface area contributed by atoms with Crippen LogP contribution < -0.4 is 5.06 Å². The Labute approximate surface area is 134 Å². The number of aromatic hydroxyl groups is 1. The Kier molecular flexibility index (Phi) is 3.15. The quantitative estimate of drug-likeness (QED) is 0.596. The molecule has 1 heterocycles. The second-order valence-electron chi connectivity index (χ2n) is 7.25. The molecule has 5 heteroatoms. The van der Waals surface area contributed by atoms with Crippen LogP contribution in [0.25, 0.3) is 0 Å². The second-order valence-corrected chi connectivity index (χ2v) is 7.25. The fourth-order valence-electron chi connectivity index (χ4n) is 5.19. The van der Waals surface area contributed by atoms with Gasteiger partial charge in [-0.2, -0.15) is 0 Å². The number of quaternary nitrogens is 1. The van der Waals surface area contributed by atoms with Gasteiger partial charge < -0.3 is 15.4 Å². The molecular weight excluding hydrogens is 294 g/mol. The van der Waals surface area contributed by atoms with Crippen LogP contribution in [0.4, 0.5) is 0 Å². The Hall–Kier alpha value is -1.72. The van der Waals surface area contributed by atoms with E-state index in [9.17, 15) is 19.9 Å². The lowest BCUT2D eigenvalue weighted by molar-refractivity contribution is -0.888. The van der Waals surface area contributed by atoms with Gasteiger partial charge in [0.1, 0.15) is 11.5 Å². The van der Waals surface area contributed by atoms with Gasteiger partial charge in [-0.15, -0.1) is 0 Å². The van der Waals surface area contributed by atoms with E-state index in [2.05, 4.69) is 0 Å². The number of phenolic OH excluding ortho intramolecular Hbond substituents is 1. The maximum absolute atomic E-state index is 12.9. The predicted octanol–water partition coefficient (Wildman–Crippen LogP) is 0.913. The average Bonchev–Trinajstić information content (AvgIpc) is 2.51. The van der Waals surface area contributed by atoms with Crippen molar-refractivity contribution in [1.82, 2.24) is 0 Å². The van der Waals surface area contributed by atoms with Gasteiger partial charge in [0.15, 0.2) is 5.78 Å². The Morgan fingerprint density at radius 1 is 1.43 bits per heavy atom. The molecule has 1 aromatic carbocycles. The van der Waals surface area contributed by atoms with Crippen LogP contribution in [0, 0.1) is 11.1 Å². The van der Waals surface area contributed by atoms with E-state index in [1.807, 2.05) is 0 Å². The highest BCUT2D eigenvalue weighted by atomic mass is 16.5. The van der Waals surface area contributed by atoms with Crippen LogP contribution in [0.2, 0.25) is 0 Å². The molecule has 5 nitrogen and oxygen atoms in total. The van der Waals surface area contributed by atoms with Gasteiger partial charge >= 0.3 is 0 Å². The van der Waals surface area contributed by atoms with E-state index in [4.69, 9.17) is 0 Å². The summed E-state index contributed by atoms with van der Waals surface area (Å²) in [5, 5.41) is 23.1. The summed E-state index contributed by atoms with van der Waals surface area (Å²) in [7, 11) is 0. The molecule has 1 saturated carbocycles. The van der Waals surface area contributed by atoms with Gasteiger partial charge in [0.2, 0.25) is 0 Å². The number of nitrogens with one attached hydrogen (secondary N) is 1. The van der Waals surface area contributed by atoms with Crippen LogP contribution >= 0.6 is 0 Å². The molecule has 2 bridgehead atoms.